The molecule has 0 bridgehead atoms. The molecule has 7 heteroatoms. The van der Waals surface area contributed by atoms with Crippen LogP contribution in [0.2, 0.25) is 0 Å². The molecule has 0 aliphatic carbocycles. The molecule has 0 aromatic rings. The van der Waals surface area contributed by atoms with Crippen LogP contribution in [0.3, 0.4) is 0 Å². The molecule has 1 saturated heterocycles. The van der Waals surface area contributed by atoms with E-state index in [1.165, 1.54) is 11.8 Å². The molecular weight excluding hydrogens is 267 g/mol. The zero-order chi connectivity index (χ0) is 14.8. The highest BCUT2D eigenvalue weighted by Gasteiger charge is 2.60. The van der Waals surface area contributed by atoms with Gasteiger partial charge in [0.15, 0.2) is 5.28 Å². The second kappa shape index (κ2) is 5.63. The van der Waals surface area contributed by atoms with Gasteiger partial charge in [-0.25, -0.2) is 4.79 Å². The molecule has 6 nitrogen and oxygen atoms in total. The molecule has 0 saturated carbocycles. The monoisotopic (exact) mass is 290 g/mol. The molecule has 0 spiro atoms. The topological polar surface area (TPSA) is 101 Å². The predicted octanol–water partition coefficient (Wildman–Crippen LogP) is 1.14. The molecule has 110 valence electrons. The van der Waals surface area contributed by atoms with Gasteiger partial charge in [0.25, 0.3) is 0 Å². The Bertz CT molecular complexity index is 416. The van der Waals surface area contributed by atoms with Crippen LogP contribution in [0.1, 0.15) is 33.6 Å². The van der Waals surface area contributed by atoms with E-state index in [1.807, 2.05) is 0 Å². The molecule has 0 unspecified atom stereocenters. The molecule has 19 heavy (non-hydrogen) atoms. The van der Waals surface area contributed by atoms with Crippen molar-refractivity contribution in [3.63, 3.8) is 0 Å². The fourth-order valence-corrected chi connectivity index (χ4v) is 5.96. The van der Waals surface area contributed by atoms with Gasteiger partial charge in [0.2, 0.25) is 5.91 Å². The van der Waals surface area contributed by atoms with Crippen LogP contribution in [0.5, 0.6) is 0 Å². The average Bonchev–Trinajstić information content (AvgIpc) is 2.82. The van der Waals surface area contributed by atoms with Crippen LogP contribution in [0.15, 0.2) is 0 Å². The summed E-state index contributed by atoms with van der Waals surface area (Å²) in [5.74, 6) is -1.59. The van der Waals surface area contributed by atoms with Crippen LogP contribution in [0.25, 0.3) is 0 Å². The quantitative estimate of drug-likeness (QED) is 0.739. The second-order valence-electron chi connectivity index (χ2n) is 5.03. The summed E-state index contributed by atoms with van der Waals surface area (Å²) in [5.41, 5.74) is 5.59. The van der Waals surface area contributed by atoms with E-state index in [0.717, 1.165) is 0 Å². The normalized spacial score (nSPS) is 25.4. The van der Waals surface area contributed by atoms with Crippen molar-refractivity contribution < 1.29 is 19.3 Å². The molecule has 3 N–H and O–H groups in total. The van der Waals surface area contributed by atoms with Gasteiger partial charge in [-0.2, -0.15) is 0 Å². The highest BCUT2D eigenvalue weighted by atomic mass is 31.2. The first-order valence-electron chi connectivity index (χ1n) is 6.65. The number of carbonyl (C=O) groups excluding carboxylic acids is 1. The number of hydrogen-bond donors (Lipinski definition) is 2. The number of carboxylic acid groups (broad SMARTS) is 1. The zero-order valence-corrected chi connectivity index (χ0v) is 12.7. The summed E-state index contributed by atoms with van der Waals surface area (Å²) < 4.78 is 13.0. The SMILES string of the molecule is CCP(=O)(CC)[C@@]1(C(=O)O)CCCN1C(=O)[C@H](C)N. The maximum Gasteiger partial charge on any atom is 0.337 e. The van der Waals surface area contributed by atoms with E-state index < -0.39 is 30.3 Å². The number of nitrogens with two attached hydrogens (primary N) is 1. The van der Waals surface area contributed by atoms with Crippen molar-refractivity contribution in [1.82, 2.24) is 4.90 Å². The maximum absolute atomic E-state index is 13.0. The number of amides is 1. The summed E-state index contributed by atoms with van der Waals surface area (Å²) in [6.45, 7) is 5.29. The number of carboxylic acids is 1. The largest absolute Gasteiger partial charge is 0.479 e. The number of carbonyl (C=O) groups is 2. The lowest BCUT2D eigenvalue weighted by molar-refractivity contribution is -0.151. The average molecular weight is 290 g/mol. The Balaban J connectivity index is 3.37. The third-order valence-corrected chi connectivity index (χ3v) is 8.10. The Labute approximate surface area is 113 Å². The Morgan fingerprint density at radius 2 is 1.95 bits per heavy atom. The molecule has 1 aliphatic rings. The van der Waals surface area contributed by atoms with Gasteiger partial charge in [0.05, 0.1) is 6.04 Å². The van der Waals surface area contributed by atoms with Gasteiger partial charge >= 0.3 is 5.97 Å². The van der Waals surface area contributed by atoms with E-state index in [2.05, 4.69) is 0 Å². The van der Waals surface area contributed by atoms with Crippen molar-refractivity contribution >= 4 is 19.0 Å². The van der Waals surface area contributed by atoms with E-state index in [-0.39, 0.29) is 18.7 Å². The number of nitrogens with zero attached hydrogens (tertiary/aromatic N) is 1. The highest BCUT2D eigenvalue weighted by molar-refractivity contribution is 7.66. The number of hydrogen-bond acceptors (Lipinski definition) is 4. The van der Waals surface area contributed by atoms with Gasteiger partial charge in [-0.05, 0) is 19.8 Å². The standard InChI is InChI=1S/C12H23N2O4P/c1-4-19(18,5-2)12(11(16)17)7-6-8-14(12)10(15)9(3)13/h9H,4-8,13H2,1-3H3,(H,16,17)/t9-,12+/m0/s1. The van der Waals surface area contributed by atoms with Gasteiger partial charge in [0, 0.05) is 18.9 Å². The fourth-order valence-electron chi connectivity index (χ4n) is 2.91. The fraction of sp³-hybridized carbons (Fsp3) is 0.833. The van der Waals surface area contributed by atoms with Gasteiger partial charge in [0.1, 0.15) is 7.14 Å². The van der Waals surface area contributed by atoms with Crippen molar-refractivity contribution in [1.29, 1.82) is 0 Å². The van der Waals surface area contributed by atoms with Crippen molar-refractivity contribution in [2.45, 2.75) is 44.9 Å². The Hall–Kier alpha value is -0.870. The van der Waals surface area contributed by atoms with Crippen LogP contribution >= 0.6 is 7.14 Å². The minimum Gasteiger partial charge on any atom is -0.479 e. The Morgan fingerprint density at radius 3 is 2.32 bits per heavy atom. The smallest absolute Gasteiger partial charge is 0.337 e. The van der Waals surface area contributed by atoms with E-state index in [1.54, 1.807) is 13.8 Å². The van der Waals surface area contributed by atoms with Crippen LogP contribution in [-0.2, 0) is 14.2 Å². The van der Waals surface area contributed by atoms with Gasteiger partial charge < -0.3 is 20.3 Å². The molecule has 1 rings (SSSR count). The van der Waals surface area contributed by atoms with E-state index in [4.69, 9.17) is 5.73 Å². The van der Waals surface area contributed by atoms with Crippen molar-refractivity contribution in [3.8, 4) is 0 Å². The Morgan fingerprint density at radius 1 is 1.42 bits per heavy atom. The van der Waals surface area contributed by atoms with Crippen LogP contribution in [-0.4, -0.2) is 52.1 Å². The van der Waals surface area contributed by atoms with E-state index >= 15 is 0 Å². The molecule has 1 heterocycles. The van der Waals surface area contributed by atoms with Crippen LogP contribution in [0.4, 0.5) is 0 Å². The van der Waals surface area contributed by atoms with Crippen molar-refractivity contribution in [2.75, 3.05) is 18.9 Å². The molecule has 0 radical (unpaired) electrons. The van der Waals surface area contributed by atoms with Gasteiger partial charge in [-0.1, -0.05) is 13.8 Å². The van der Waals surface area contributed by atoms with Crippen LogP contribution < -0.4 is 5.73 Å². The van der Waals surface area contributed by atoms with Crippen LogP contribution in [0, 0.1) is 0 Å². The molecule has 1 aliphatic heterocycles. The van der Waals surface area contributed by atoms with Gasteiger partial charge in [-0.15, -0.1) is 0 Å². The van der Waals surface area contributed by atoms with E-state index in [0.29, 0.717) is 13.0 Å². The molecular formula is C12H23N2O4P. The summed E-state index contributed by atoms with van der Waals surface area (Å²) in [6, 6.07) is -0.779. The molecule has 2 atom stereocenters. The summed E-state index contributed by atoms with van der Waals surface area (Å²) >= 11 is 0. The van der Waals surface area contributed by atoms with E-state index in [9.17, 15) is 19.3 Å². The first-order valence-corrected chi connectivity index (χ1v) is 8.73. The van der Waals surface area contributed by atoms with Gasteiger partial charge in [-0.3, -0.25) is 4.79 Å². The molecule has 0 aromatic carbocycles. The number of aliphatic carboxylic acids is 1. The second-order valence-corrected chi connectivity index (χ2v) is 8.81. The molecule has 1 fully saturated rings. The lowest BCUT2D eigenvalue weighted by Gasteiger charge is -2.40. The summed E-state index contributed by atoms with van der Waals surface area (Å²) in [5, 5.41) is 8.10. The third kappa shape index (κ3) is 2.32. The third-order valence-electron chi connectivity index (χ3n) is 4.05. The number of rotatable bonds is 5. The molecule has 0 aromatic heterocycles. The molecule has 1 amide bonds. The predicted molar refractivity (Wildman–Crippen MR) is 73.7 cm³/mol. The first kappa shape index (κ1) is 16.2. The maximum atomic E-state index is 13.0. The number of likely N-dealkylation sites (tertiary alicyclic amines) is 1. The van der Waals surface area contributed by atoms with Crippen molar-refractivity contribution in [2.24, 2.45) is 5.73 Å². The highest BCUT2D eigenvalue weighted by Crippen LogP contribution is 2.63. The minimum atomic E-state index is -3.02. The lowest BCUT2D eigenvalue weighted by Crippen LogP contribution is -2.56. The van der Waals surface area contributed by atoms with Crippen molar-refractivity contribution in [3.05, 3.63) is 0 Å². The zero-order valence-electron chi connectivity index (χ0n) is 11.8. The first-order chi connectivity index (χ1) is 8.76. The lowest BCUT2D eigenvalue weighted by atomic mass is 10.2. The summed E-state index contributed by atoms with van der Waals surface area (Å²) in [4.78, 5) is 25.2. The Kier molecular flexibility index (Phi) is 4.80. The summed E-state index contributed by atoms with van der Waals surface area (Å²) in [7, 11) is -3.02. The summed E-state index contributed by atoms with van der Waals surface area (Å²) in [6.07, 6.45) is 1.35. The minimum absolute atomic E-state index is 0.250.